The van der Waals surface area contributed by atoms with Crippen molar-refractivity contribution in [3.8, 4) is 0 Å². The lowest BCUT2D eigenvalue weighted by molar-refractivity contribution is -0.166. The second-order valence-electron chi connectivity index (χ2n) is 8.71. The molecule has 0 radical (unpaired) electrons. The van der Waals surface area contributed by atoms with Gasteiger partial charge in [0.25, 0.3) is 0 Å². The van der Waals surface area contributed by atoms with E-state index in [-0.39, 0.29) is 13.2 Å². The number of benzene rings is 2. The topological polar surface area (TPSA) is 251 Å². The van der Waals surface area contributed by atoms with Gasteiger partial charge < -0.3 is 48.1 Å². The van der Waals surface area contributed by atoms with Crippen molar-refractivity contribution in [1.82, 2.24) is 0 Å². The van der Waals surface area contributed by atoms with Crippen LogP contribution in [-0.4, -0.2) is 111 Å². The first-order valence-electron chi connectivity index (χ1n) is 13.5. The summed E-state index contributed by atoms with van der Waals surface area (Å²) in [5.74, 6) is -7.70. The quantitative estimate of drug-likeness (QED) is 0.136. The van der Waals surface area contributed by atoms with E-state index < -0.39 is 101 Å². The monoisotopic (exact) mass is 680 g/mol. The van der Waals surface area contributed by atoms with Gasteiger partial charge in [-0.15, -0.1) is 0 Å². The molecule has 0 aliphatic carbocycles. The molecule has 0 bridgehead atoms. The Balaban J connectivity index is 0.000000576. The highest BCUT2D eigenvalue weighted by Gasteiger charge is 2.13. The van der Waals surface area contributed by atoms with Crippen LogP contribution in [0.4, 0.5) is 0 Å². The molecule has 0 spiro atoms. The zero-order chi connectivity index (χ0) is 35.6. The highest BCUT2D eigenvalue weighted by molar-refractivity contribution is 5.79. The van der Waals surface area contributed by atoms with Gasteiger partial charge in [-0.1, -0.05) is 60.7 Å². The summed E-state index contributed by atoms with van der Waals surface area (Å²) in [5, 5.41) is 16.3. The minimum atomic E-state index is -1.32. The van der Waals surface area contributed by atoms with Gasteiger partial charge in [0.2, 0.25) is 0 Å². The van der Waals surface area contributed by atoms with E-state index in [2.05, 4.69) is 23.7 Å². The van der Waals surface area contributed by atoms with Crippen molar-refractivity contribution < 1.29 is 86.5 Å². The van der Waals surface area contributed by atoms with E-state index in [0.29, 0.717) is 0 Å². The van der Waals surface area contributed by atoms with Gasteiger partial charge in [0.1, 0.15) is 39.6 Å². The van der Waals surface area contributed by atoms with Gasteiger partial charge in [0, 0.05) is 0 Å². The van der Waals surface area contributed by atoms with E-state index in [1.165, 1.54) is 0 Å². The van der Waals surface area contributed by atoms with E-state index in [1.807, 2.05) is 12.1 Å². The highest BCUT2D eigenvalue weighted by atomic mass is 16.6. The lowest BCUT2D eigenvalue weighted by Gasteiger charge is -2.08. The van der Waals surface area contributed by atoms with Crippen molar-refractivity contribution in [2.75, 3.05) is 52.9 Å². The maximum absolute atomic E-state index is 11.5. The SMILES string of the molecule is O=C(COCC(=O)OCC(=O)OCc1ccccc1)OCC(=O)OCc1ccccc1.O=C(O)COC(=O)COCC(=O)OCC(=O)O. The number of aliphatic carboxylic acids is 2. The molecule has 48 heavy (non-hydrogen) atoms. The van der Waals surface area contributed by atoms with Crippen molar-refractivity contribution in [2.45, 2.75) is 13.2 Å². The Morgan fingerprint density at radius 3 is 0.938 bits per heavy atom. The summed E-state index contributed by atoms with van der Waals surface area (Å²) >= 11 is 0. The zero-order valence-corrected chi connectivity index (χ0v) is 25.3. The van der Waals surface area contributed by atoms with Gasteiger partial charge in [-0.25, -0.2) is 38.4 Å². The first-order valence-corrected chi connectivity index (χ1v) is 13.5. The molecule has 18 heteroatoms. The van der Waals surface area contributed by atoms with Gasteiger partial charge >= 0.3 is 47.8 Å². The van der Waals surface area contributed by atoms with Crippen LogP contribution in [0.2, 0.25) is 0 Å². The minimum absolute atomic E-state index is 0.0628. The van der Waals surface area contributed by atoms with E-state index in [4.69, 9.17) is 24.4 Å². The number of carbonyl (C=O) groups is 8. The first-order chi connectivity index (χ1) is 22.9. The number of carbonyl (C=O) groups excluding carboxylic acids is 6. The standard InChI is InChI=1S/C22H22O9.C8H10O9/c23-19(30-15-21(25)28-11-17-7-3-1-4-8-17)13-27-14-20(24)31-16-22(26)29-12-18-9-5-2-6-10-18;9-5(10)1-16-7(13)3-15-4-8(14)17-2-6(11)12/h1-10H,11-16H2;1-4H2,(H,9,10)(H,11,12). The van der Waals surface area contributed by atoms with E-state index in [1.54, 1.807) is 48.5 Å². The van der Waals surface area contributed by atoms with E-state index in [0.717, 1.165) is 11.1 Å². The molecule has 2 rings (SSSR count). The molecule has 0 aliphatic rings. The number of hydrogen-bond acceptors (Lipinski definition) is 16. The number of rotatable bonds is 20. The number of carboxylic acids is 2. The molecule has 2 aromatic carbocycles. The number of hydrogen-bond donors (Lipinski definition) is 2. The molecule has 0 aromatic heterocycles. The predicted octanol–water partition coefficient (Wildman–Crippen LogP) is -0.165. The average Bonchev–Trinajstić information content (AvgIpc) is 3.07. The van der Waals surface area contributed by atoms with Crippen LogP contribution in [0.15, 0.2) is 60.7 Å². The predicted molar refractivity (Wildman–Crippen MR) is 153 cm³/mol. The van der Waals surface area contributed by atoms with Crippen LogP contribution in [0.5, 0.6) is 0 Å². The zero-order valence-electron chi connectivity index (χ0n) is 25.3. The van der Waals surface area contributed by atoms with Crippen LogP contribution < -0.4 is 0 Å². The van der Waals surface area contributed by atoms with Crippen LogP contribution in [0.25, 0.3) is 0 Å². The molecule has 18 nitrogen and oxygen atoms in total. The van der Waals surface area contributed by atoms with Gasteiger partial charge in [0.05, 0.1) is 0 Å². The molecule has 0 aliphatic heterocycles. The van der Waals surface area contributed by atoms with Crippen LogP contribution in [0.3, 0.4) is 0 Å². The third-order valence-electron chi connectivity index (χ3n) is 4.78. The van der Waals surface area contributed by atoms with Crippen molar-refractivity contribution in [3.05, 3.63) is 71.8 Å². The molecule has 2 aromatic rings. The number of esters is 6. The summed E-state index contributed by atoms with van der Waals surface area (Å²) < 4.78 is 36.9. The Bertz CT molecular complexity index is 1240. The summed E-state index contributed by atoms with van der Waals surface area (Å²) in [6, 6.07) is 18.0. The Kier molecular flexibility index (Phi) is 20.4. The van der Waals surface area contributed by atoms with Crippen molar-refractivity contribution in [1.29, 1.82) is 0 Å². The maximum atomic E-state index is 11.5. The van der Waals surface area contributed by atoms with Crippen LogP contribution in [0, 0.1) is 0 Å². The smallest absolute Gasteiger partial charge is 0.344 e. The second-order valence-corrected chi connectivity index (χ2v) is 8.71. The molecule has 0 amide bonds. The van der Waals surface area contributed by atoms with Crippen molar-refractivity contribution in [2.24, 2.45) is 0 Å². The number of ether oxygens (including phenoxy) is 8. The molecular weight excluding hydrogens is 648 g/mol. The molecule has 0 heterocycles. The largest absolute Gasteiger partial charge is 0.479 e. The summed E-state index contributed by atoms with van der Waals surface area (Å²) in [5.41, 5.74) is 1.60. The van der Waals surface area contributed by atoms with Gasteiger partial charge in [0.15, 0.2) is 26.4 Å². The second kappa shape index (κ2) is 24.4. The fourth-order valence-corrected chi connectivity index (χ4v) is 2.72. The van der Waals surface area contributed by atoms with Gasteiger partial charge in [-0.05, 0) is 11.1 Å². The van der Waals surface area contributed by atoms with E-state index in [9.17, 15) is 38.4 Å². The summed E-state index contributed by atoms with van der Waals surface area (Å²) in [7, 11) is 0. The van der Waals surface area contributed by atoms with Crippen molar-refractivity contribution >= 4 is 47.8 Å². The fourth-order valence-electron chi connectivity index (χ4n) is 2.72. The molecule has 0 saturated heterocycles. The molecule has 260 valence electrons. The average molecular weight is 681 g/mol. The van der Waals surface area contributed by atoms with E-state index >= 15 is 0 Å². The first kappa shape index (κ1) is 40.1. The third-order valence-corrected chi connectivity index (χ3v) is 4.78. The molecule has 0 atom stereocenters. The molecule has 0 fully saturated rings. The Hall–Kier alpha value is -5.88. The summed E-state index contributed by atoms with van der Waals surface area (Å²) in [6.07, 6.45) is 0. The fraction of sp³-hybridized carbons (Fsp3) is 0.333. The molecule has 2 N–H and O–H groups in total. The highest BCUT2D eigenvalue weighted by Crippen LogP contribution is 2.02. The molecule has 0 saturated carbocycles. The maximum Gasteiger partial charge on any atom is 0.344 e. The minimum Gasteiger partial charge on any atom is -0.479 e. The third kappa shape index (κ3) is 22.6. The van der Waals surface area contributed by atoms with Gasteiger partial charge in [-0.2, -0.15) is 0 Å². The lowest BCUT2D eigenvalue weighted by atomic mass is 10.2. The van der Waals surface area contributed by atoms with Crippen LogP contribution in [-0.2, 0) is 89.5 Å². The summed E-state index contributed by atoms with van der Waals surface area (Å²) in [6.45, 7) is -5.03. The van der Waals surface area contributed by atoms with Crippen LogP contribution >= 0.6 is 0 Å². The van der Waals surface area contributed by atoms with Crippen molar-refractivity contribution in [3.63, 3.8) is 0 Å². The summed E-state index contributed by atoms with van der Waals surface area (Å²) in [4.78, 5) is 87.5. The molecular formula is C30H32O18. The Morgan fingerprint density at radius 2 is 0.646 bits per heavy atom. The van der Waals surface area contributed by atoms with Gasteiger partial charge in [-0.3, -0.25) is 0 Å². The lowest BCUT2D eigenvalue weighted by Crippen LogP contribution is -2.23. The Labute approximate surface area is 272 Å². The Morgan fingerprint density at radius 1 is 0.375 bits per heavy atom. The number of carboxylic acid groups (broad SMARTS) is 2. The molecule has 0 unspecified atom stereocenters. The normalized spacial score (nSPS) is 9.83. The van der Waals surface area contributed by atoms with Crippen LogP contribution in [0.1, 0.15) is 11.1 Å².